The molecule has 0 unspecified atom stereocenters. The van der Waals surface area contributed by atoms with E-state index in [-0.39, 0.29) is 5.91 Å². The average Bonchev–Trinajstić information content (AvgIpc) is 2.69. The van der Waals surface area contributed by atoms with Crippen LogP contribution in [0.3, 0.4) is 0 Å². The number of amides is 1. The van der Waals surface area contributed by atoms with Crippen LogP contribution in [0.1, 0.15) is 11.1 Å². The fourth-order valence-electron chi connectivity index (χ4n) is 3.27. The minimum atomic E-state index is 0.140. The number of nitrogens with zero attached hydrogens (tertiary/aromatic N) is 2. The maximum Gasteiger partial charge on any atom is 0.241 e. The van der Waals surface area contributed by atoms with E-state index in [9.17, 15) is 4.79 Å². The van der Waals surface area contributed by atoms with Crippen molar-refractivity contribution in [3.8, 4) is 5.75 Å². The Hall–Kier alpha value is -2.69. The summed E-state index contributed by atoms with van der Waals surface area (Å²) >= 11 is 0. The number of nitrogens with one attached hydrogen (secondary N) is 1. The lowest BCUT2D eigenvalue weighted by atomic mass is 10.1. The van der Waals surface area contributed by atoms with E-state index in [2.05, 4.69) is 42.3 Å². The molecule has 0 saturated carbocycles. The summed E-state index contributed by atoms with van der Waals surface area (Å²) in [6.07, 6.45) is 0. The van der Waals surface area contributed by atoms with Crippen LogP contribution in [0.25, 0.3) is 0 Å². The lowest BCUT2D eigenvalue weighted by Crippen LogP contribution is -2.50. The number of carbonyl (C=O) groups excluding carboxylic acids is 1. The summed E-state index contributed by atoms with van der Waals surface area (Å²) in [5.74, 6) is 0.950. The zero-order chi connectivity index (χ0) is 18.5. The largest absolute Gasteiger partial charge is 0.497 e. The molecule has 1 aliphatic rings. The van der Waals surface area contributed by atoms with E-state index in [0.717, 1.165) is 37.6 Å². The predicted octanol–water partition coefficient (Wildman–Crippen LogP) is 3.07. The highest BCUT2D eigenvalue weighted by Crippen LogP contribution is 2.24. The van der Waals surface area contributed by atoms with Gasteiger partial charge in [-0.25, -0.2) is 0 Å². The normalized spacial score (nSPS) is 14.3. The fraction of sp³-hybridized carbons (Fsp3) is 0.381. The molecule has 1 fully saturated rings. The van der Waals surface area contributed by atoms with E-state index in [1.807, 2.05) is 29.2 Å². The standard InChI is InChI=1S/C21H27N3O2/c1-16-5-4-6-20(17(16)2)23-11-13-24(14-12-23)21(25)15-22-18-7-9-19(26-3)10-8-18/h4-10,22H,11-15H2,1-3H3. The molecule has 1 heterocycles. The Bertz CT molecular complexity index is 750. The molecule has 5 nitrogen and oxygen atoms in total. The molecule has 3 rings (SSSR count). The van der Waals surface area contributed by atoms with E-state index >= 15 is 0 Å². The van der Waals surface area contributed by atoms with Crippen LogP contribution in [0.15, 0.2) is 42.5 Å². The highest BCUT2D eigenvalue weighted by atomic mass is 16.5. The second-order valence-corrected chi connectivity index (χ2v) is 6.67. The van der Waals surface area contributed by atoms with Gasteiger partial charge in [0.05, 0.1) is 13.7 Å². The number of piperazine rings is 1. The molecule has 0 atom stereocenters. The Morgan fingerprint density at radius 3 is 2.38 bits per heavy atom. The summed E-state index contributed by atoms with van der Waals surface area (Å²) in [5.41, 5.74) is 4.85. The highest BCUT2D eigenvalue weighted by Gasteiger charge is 2.22. The minimum absolute atomic E-state index is 0.140. The Morgan fingerprint density at radius 1 is 1.04 bits per heavy atom. The summed E-state index contributed by atoms with van der Waals surface area (Å²) in [4.78, 5) is 16.8. The van der Waals surface area contributed by atoms with Crippen molar-refractivity contribution in [1.29, 1.82) is 0 Å². The molecule has 0 aromatic heterocycles. The fourth-order valence-corrected chi connectivity index (χ4v) is 3.27. The molecule has 26 heavy (non-hydrogen) atoms. The van der Waals surface area contributed by atoms with Crippen LogP contribution in [-0.2, 0) is 4.79 Å². The van der Waals surface area contributed by atoms with Crippen molar-refractivity contribution in [2.24, 2.45) is 0 Å². The van der Waals surface area contributed by atoms with Crippen molar-refractivity contribution >= 4 is 17.3 Å². The van der Waals surface area contributed by atoms with Gasteiger partial charge in [-0.2, -0.15) is 0 Å². The third kappa shape index (κ3) is 4.10. The van der Waals surface area contributed by atoms with Gasteiger partial charge in [0.2, 0.25) is 5.91 Å². The van der Waals surface area contributed by atoms with Gasteiger partial charge in [-0.3, -0.25) is 4.79 Å². The Kier molecular flexibility index (Phi) is 5.66. The zero-order valence-electron chi connectivity index (χ0n) is 15.8. The summed E-state index contributed by atoms with van der Waals surface area (Å²) in [6.45, 7) is 7.89. The van der Waals surface area contributed by atoms with Gasteiger partial charge in [0.15, 0.2) is 0 Å². The smallest absolute Gasteiger partial charge is 0.241 e. The molecule has 1 saturated heterocycles. The van der Waals surface area contributed by atoms with Crippen LogP contribution in [0, 0.1) is 13.8 Å². The molecule has 2 aromatic rings. The van der Waals surface area contributed by atoms with Gasteiger partial charge in [-0.05, 0) is 55.3 Å². The third-order valence-corrected chi connectivity index (χ3v) is 5.08. The SMILES string of the molecule is COc1ccc(NCC(=O)N2CCN(c3cccc(C)c3C)CC2)cc1. The van der Waals surface area contributed by atoms with Gasteiger partial charge in [0.25, 0.3) is 0 Å². The Balaban J connectivity index is 1.51. The predicted molar refractivity (Wildman–Crippen MR) is 106 cm³/mol. The van der Waals surface area contributed by atoms with Gasteiger partial charge in [-0.1, -0.05) is 12.1 Å². The molecular weight excluding hydrogens is 326 g/mol. The van der Waals surface area contributed by atoms with Gasteiger partial charge >= 0.3 is 0 Å². The summed E-state index contributed by atoms with van der Waals surface area (Å²) in [7, 11) is 1.64. The van der Waals surface area contributed by atoms with Crippen molar-refractivity contribution in [3.63, 3.8) is 0 Å². The van der Waals surface area contributed by atoms with Gasteiger partial charge in [0, 0.05) is 37.6 Å². The summed E-state index contributed by atoms with van der Waals surface area (Å²) in [6, 6.07) is 14.0. The topological polar surface area (TPSA) is 44.8 Å². The first-order chi connectivity index (χ1) is 12.6. The van der Waals surface area contributed by atoms with Crippen LogP contribution in [0.4, 0.5) is 11.4 Å². The van der Waals surface area contributed by atoms with E-state index in [4.69, 9.17) is 4.74 Å². The quantitative estimate of drug-likeness (QED) is 0.897. The van der Waals surface area contributed by atoms with Crippen molar-refractivity contribution in [3.05, 3.63) is 53.6 Å². The maximum absolute atomic E-state index is 12.5. The van der Waals surface area contributed by atoms with Gasteiger partial charge in [-0.15, -0.1) is 0 Å². The Morgan fingerprint density at radius 2 is 1.73 bits per heavy atom. The lowest BCUT2D eigenvalue weighted by molar-refractivity contribution is -0.129. The monoisotopic (exact) mass is 353 g/mol. The van der Waals surface area contributed by atoms with Crippen LogP contribution < -0.4 is 15.0 Å². The van der Waals surface area contributed by atoms with E-state index < -0.39 is 0 Å². The molecule has 0 radical (unpaired) electrons. The van der Waals surface area contributed by atoms with Crippen LogP contribution in [0.2, 0.25) is 0 Å². The Labute approximate surface area is 155 Å². The molecule has 1 aliphatic heterocycles. The number of carbonyl (C=O) groups is 1. The number of anilines is 2. The van der Waals surface area contributed by atoms with Crippen molar-refractivity contribution in [1.82, 2.24) is 4.90 Å². The summed E-state index contributed by atoms with van der Waals surface area (Å²) in [5, 5.41) is 3.19. The van der Waals surface area contributed by atoms with Gasteiger partial charge in [0.1, 0.15) is 5.75 Å². The number of methoxy groups -OCH3 is 1. The summed E-state index contributed by atoms with van der Waals surface area (Å²) < 4.78 is 5.14. The van der Waals surface area contributed by atoms with Gasteiger partial charge < -0.3 is 19.9 Å². The molecule has 0 bridgehead atoms. The van der Waals surface area contributed by atoms with Crippen molar-refractivity contribution in [2.45, 2.75) is 13.8 Å². The molecule has 2 aromatic carbocycles. The zero-order valence-corrected chi connectivity index (χ0v) is 15.8. The maximum atomic E-state index is 12.5. The first-order valence-electron chi connectivity index (χ1n) is 9.05. The number of hydrogen-bond acceptors (Lipinski definition) is 4. The van der Waals surface area contributed by atoms with E-state index in [0.29, 0.717) is 6.54 Å². The van der Waals surface area contributed by atoms with Crippen LogP contribution in [-0.4, -0.2) is 50.6 Å². The number of benzene rings is 2. The first-order valence-corrected chi connectivity index (χ1v) is 9.05. The highest BCUT2D eigenvalue weighted by molar-refractivity contribution is 5.81. The second-order valence-electron chi connectivity index (χ2n) is 6.67. The van der Waals surface area contributed by atoms with E-state index in [1.165, 1.54) is 16.8 Å². The third-order valence-electron chi connectivity index (χ3n) is 5.08. The minimum Gasteiger partial charge on any atom is -0.497 e. The molecule has 5 heteroatoms. The number of aryl methyl sites for hydroxylation is 1. The molecular formula is C21H27N3O2. The second kappa shape index (κ2) is 8.13. The number of ether oxygens (including phenoxy) is 1. The average molecular weight is 353 g/mol. The molecule has 138 valence electrons. The molecule has 0 spiro atoms. The molecule has 1 amide bonds. The van der Waals surface area contributed by atoms with Crippen molar-refractivity contribution in [2.75, 3.05) is 50.1 Å². The van der Waals surface area contributed by atoms with Crippen LogP contribution in [0.5, 0.6) is 5.75 Å². The molecule has 0 aliphatic carbocycles. The lowest BCUT2D eigenvalue weighted by Gasteiger charge is -2.37. The van der Waals surface area contributed by atoms with Crippen LogP contribution >= 0.6 is 0 Å². The molecule has 1 N–H and O–H groups in total. The first kappa shape index (κ1) is 18.1. The number of hydrogen-bond donors (Lipinski definition) is 1. The van der Waals surface area contributed by atoms with Crippen molar-refractivity contribution < 1.29 is 9.53 Å². The number of rotatable bonds is 5. The van der Waals surface area contributed by atoms with E-state index in [1.54, 1.807) is 7.11 Å².